The van der Waals surface area contributed by atoms with Crippen LogP contribution in [0.1, 0.15) is 19.3 Å². The van der Waals surface area contributed by atoms with Gasteiger partial charge < -0.3 is 5.11 Å². The largest absolute Gasteiger partial charge is 0.465 e. The average molecular weight is 186 g/mol. The minimum absolute atomic E-state index is 0.201. The van der Waals surface area contributed by atoms with Crippen LogP contribution in [0.15, 0.2) is 0 Å². The van der Waals surface area contributed by atoms with Crippen molar-refractivity contribution in [2.24, 2.45) is 0 Å². The second-order valence-electron chi connectivity index (χ2n) is 3.19. The van der Waals surface area contributed by atoms with Crippen molar-refractivity contribution in [1.29, 1.82) is 0 Å². The third-order valence-corrected chi connectivity index (χ3v) is 2.06. The first-order valence-corrected chi connectivity index (χ1v) is 4.43. The SMILES string of the molecule is O=C(O)NC(=O)CN1CCCCC1. The lowest BCUT2D eigenvalue weighted by Gasteiger charge is -2.25. The number of nitrogens with one attached hydrogen (secondary N) is 1. The van der Waals surface area contributed by atoms with E-state index in [1.807, 2.05) is 10.2 Å². The predicted octanol–water partition coefficient (Wildman–Crippen LogP) is 0.266. The van der Waals surface area contributed by atoms with E-state index in [9.17, 15) is 9.59 Å². The summed E-state index contributed by atoms with van der Waals surface area (Å²) in [5, 5.41) is 10.1. The molecule has 5 heteroatoms. The number of nitrogens with zero attached hydrogens (tertiary/aromatic N) is 1. The van der Waals surface area contributed by atoms with Gasteiger partial charge in [-0.3, -0.25) is 15.0 Å². The third kappa shape index (κ3) is 3.89. The fourth-order valence-corrected chi connectivity index (χ4v) is 1.48. The van der Waals surface area contributed by atoms with Crippen molar-refractivity contribution in [2.45, 2.75) is 19.3 Å². The fraction of sp³-hybridized carbons (Fsp3) is 0.750. The van der Waals surface area contributed by atoms with E-state index in [4.69, 9.17) is 5.11 Å². The molecule has 1 fully saturated rings. The maximum atomic E-state index is 11.0. The number of imide groups is 1. The van der Waals surface area contributed by atoms with Crippen LogP contribution in [0, 0.1) is 0 Å². The first-order chi connectivity index (χ1) is 6.18. The summed E-state index contributed by atoms with van der Waals surface area (Å²) in [7, 11) is 0. The first kappa shape index (κ1) is 9.98. The number of likely N-dealkylation sites (tertiary alicyclic amines) is 1. The molecule has 5 nitrogen and oxygen atoms in total. The minimum atomic E-state index is -1.28. The van der Waals surface area contributed by atoms with Crippen LogP contribution in [0.5, 0.6) is 0 Å². The van der Waals surface area contributed by atoms with Crippen LogP contribution < -0.4 is 5.32 Å². The Balaban J connectivity index is 2.22. The standard InChI is InChI=1S/C8H14N2O3/c11-7(9-8(12)13)6-10-4-2-1-3-5-10/h1-6H2,(H,9,11)(H,12,13). The Kier molecular flexibility index (Phi) is 3.70. The van der Waals surface area contributed by atoms with Gasteiger partial charge in [-0.05, 0) is 25.9 Å². The number of hydrogen-bond acceptors (Lipinski definition) is 3. The van der Waals surface area contributed by atoms with Crippen LogP contribution in [0.3, 0.4) is 0 Å². The van der Waals surface area contributed by atoms with E-state index in [2.05, 4.69) is 0 Å². The number of carboxylic acid groups (broad SMARTS) is 1. The van der Waals surface area contributed by atoms with E-state index in [1.54, 1.807) is 0 Å². The highest BCUT2D eigenvalue weighted by Crippen LogP contribution is 2.07. The lowest BCUT2D eigenvalue weighted by Crippen LogP contribution is -2.41. The monoisotopic (exact) mass is 186 g/mol. The Morgan fingerprint density at radius 1 is 1.23 bits per heavy atom. The lowest BCUT2D eigenvalue weighted by atomic mass is 10.1. The van der Waals surface area contributed by atoms with Crippen molar-refractivity contribution in [3.8, 4) is 0 Å². The Morgan fingerprint density at radius 3 is 2.38 bits per heavy atom. The molecular weight excluding hydrogens is 172 g/mol. The van der Waals surface area contributed by atoms with E-state index in [0.29, 0.717) is 0 Å². The molecule has 1 aliphatic rings. The molecule has 1 rings (SSSR count). The van der Waals surface area contributed by atoms with Gasteiger partial charge in [0.15, 0.2) is 0 Å². The molecular formula is C8H14N2O3. The summed E-state index contributed by atoms with van der Waals surface area (Å²) in [6.45, 7) is 1.99. The molecule has 0 spiro atoms. The van der Waals surface area contributed by atoms with Crippen LogP contribution in [0.25, 0.3) is 0 Å². The van der Waals surface area contributed by atoms with Crippen molar-refractivity contribution in [3.05, 3.63) is 0 Å². The molecule has 1 heterocycles. The van der Waals surface area contributed by atoms with E-state index < -0.39 is 12.0 Å². The van der Waals surface area contributed by atoms with Gasteiger partial charge in [-0.15, -0.1) is 0 Å². The molecule has 0 radical (unpaired) electrons. The highest BCUT2D eigenvalue weighted by molar-refractivity contribution is 5.91. The topological polar surface area (TPSA) is 69.6 Å². The average Bonchev–Trinajstić information content (AvgIpc) is 2.04. The van der Waals surface area contributed by atoms with E-state index in [1.165, 1.54) is 6.42 Å². The smallest absolute Gasteiger partial charge is 0.411 e. The molecule has 2 amide bonds. The molecule has 2 N–H and O–H groups in total. The van der Waals surface area contributed by atoms with Crippen LogP contribution in [-0.4, -0.2) is 41.6 Å². The van der Waals surface area contributed by atoms with E-state index in [0.717, 1.165) is 25.9 Å². The number of piperidine rings is 1. The molecule has 0 unspecified atom stereocenters. The maximum Gasteiger partial charge on any atom is 0.411 e. The molecule has 0 bridgehead atoms. The minimum Gasteiger partial charge on any atom is -0.465 e. The van der Waals surface area contributed by atoms with Crippen molar-refractivity contribution >= 4 is 12.0 Å². The van der Waals surface area contributed by atoms with Gasteiger partial charge in [0.1, 0.15) is 0 Å². The van der Waals surface area contributed by atoms with Crippen molar-refractivity contribution in [3.63, 3.8) is 0 Å². The summed E-state index contributed by atoms with van der Waals surface area (Å²) in [6, 6.07) is 0. The molecule has 1 aliphatic heterocycles. The van der Waals surface area contributed by atoms with Crippen LogP contribution in [0.2, 0.25) is 0 Å². The molecule has 0 aliphatic carbocycles. The molecule has 0 aromatic rings. The van der Waals surface area contributed by atoms with Gasteiger partial charge >= 0.3 is 6.09 Å². The number of amides is 2. The highest BCUT2D eigenvalue weighted by atomic mass is 16.4. The van der Waals surface area contributed by atoms with Gasteiger partial charge in [0, 0.05) is 0 Å². The third-order valence-electron chi connectivity index (χ3n) is 2.06. The van der Waals surface area contributed by atoms with Crippen molar-refractivity contribution in [1.82, 2.24) is 10.2 Å². The normalized spacial score (nSPS) is 18.2. The predicted molar refractivity (Wildman–Crippen MR) is 46.5 cm³/mol. The first-order valence-electron chi connectivity index (χ1n) is 4.43. The van der Waals surface area contributed by atoms with Crippen LogP contribution in [0.4, 0.5) is 4.79 Å². The molecule has 13 heavy (non-hydrogen) atoms. The van der Waals surface area contributed by atoms with Crippen LogP contribution in [-0.2, 0) is 4.79 Å². The van der Waals surface area contributed by atoms with Crippen molar-refractivity contribution in [2.75, 3.05) is 19.6 Å². The van der Waals surface area contributed by atoms with Gasteiger partial charge in [-0.1, -0.05) is 6.42 Å². The summed E-state index contributed by atoms with van der Waals surface area (Å²) < 4.78 is 0. The van der Waals surface area contributed by atoms with Gasteiger partial charge in [-0.2, -0.15) is 0 Å². The summed E-state index contributed by atoms with van der Waals surface area (Å²) in [5.74, 6) is -0.436. The molecule has 0 atom stereocenters. The molecule has 1 saturated heterocycles. The zero-order valence-electron chi connectivity index (χ0n) is 7.45. The highest BCUT2D eigenvalue weighted by Gasteiger charge is 2.14. The number of carbonyl (C=O) groups excluding carboxylic acids is 1. The summed E-state index contributed by atoms with van der Waals surface area (Å²) in [6.07, 6.45) is 2.12. The molecule has 0 aromatic carbocycles. The second kappa shape index (κ2) is 4.81. The quantitative estimate of drug-likeness (QED) is 0.649. The number of carbonyl (C=O) groups is 2. The Bertz CT molecular complexity index is 200. The molecule has 0 aromatic heterocycles. The number of hydrogen-bond donors (Lipinski definition) is 2. The Morgan fingerprint density at radius 2 is 1.85 bits per heavy atom. The number of rotatable bonds is 2. The summed E-state index contributed by atoms with van der Waals surface area (Å²) in [4.78, 5) is 23.1. The van der Waals surface area contributed by atoms with Crippen molar-refractivity contribution < 1.29 is 14.7 Å². The summed E-state index contributed by atoms with van der Waals surface area (Å²) in [5.41, 5.74) is 0. The zero-order valence-corrected chi connectivity index (χ0v) is 7.45. The second-order valence-corrected chi connectivity index (χ2v) is 3.19. The molecule has 74 valence electrons. The Labute approximate surface area is 76.7 Å². The van der Waals surface area contributed by atoms with Gasteiger partial charge in [0.05, 0.1) is 6.54 Å². The van der Waals surface area contributed by atoms with E-state index in [-0.39, 0.29) is 6.54 Å². The van der Waals surface area contributed by atoms with Gasteiger partial charge in [0.2, 0.25) is 5.91 Å². The fourth-order valence-electron chi connectivity index (χ4n) is 1.48. The molecule has 0 saturated carbocycles. The van der Waals surface area contributed by atoms with Crippen LogP contribution >= 0.6 is 0 Å². The van der Waals surface area contributed by atoms with E-state index >= 15 is 0 Å². The lowest BCUT2D eigenvalue weighted by molar-refractivity contribution is -0.121. The summed E-state index contributed by atoms with van der Waals surface area (Å²) >= 11 is 0. The van der Waals surface area contributed by atoms with Gasteiger partial charge in [-0.25, -0.2) is 4.79 Å². The Hall–Kier alpha value is -1.10. The maximum absolute atomic E-state index is 11.0. The zero-order chi connectivity index (χ0) is 9.68. The van der Waals surface area contributed by atoms with Gasteiger partial charge in [0.25, 0.3) is 0 Å².